The fourth-order valence-electron chi connectivity index (χ4n) is 3.17. The highest BCUT2D eigenvalue weighted by atomic mass is 16.5. The van der Waals surface area contributed by atoms with Crippen molar-refractivity contribution in [3.8, 4) is 0 Å². The topological polar surface area (TPSA) is 99.5 Å². The Labute approximate surface area is 148 Å². The molecule has 0 spiro atoms. The van der Waals surface area contributed by atoms with E-state index in [4.69, 9.17) is 9.47 Å². The van der Waals surface area contributed by atoms with E-state index in [1.54, 1.807) is 0 Å². The monoisotopic (exact) mass is 356 g/mol. The Morgan fingerprint density at radius 2 is 1.16 bits per heavy atom. The molecule has 0 unspecified atom stereocenters. The fraction of sp³-hybridized carbons (Fsp3) is 0.765. The van der Waals surface area contributed by atoms with Gasteiger partial charge in [0.05, 0.1) is 26.4 Å². The van der Waals surface area contributed by atoms with Gasteiger partial charge in [-0.15, -0.1) is 0 Å². The quantitative estimate of drug-likeness (QED) is 0.569. The molecule has 2 N–H and O–H groups in total. The Balaban J connectivity index is 1.92. The summed E-state index contributed by atoms with van der Waals surface area (Å²) in [6.45, 7) is 7.17. The second-order valence-electron chi connectivity index (χ2n) is 6.33. The molecule has 0 atom stereocenters. The van der Waals surface area contributed by atoms with E-state index in [0.717, 1.165) is 32.7 Å². The van der Waals surface area contributed by atoms with Gasteiger partial charge >= 0.3 is 11.9 Å². The number of hydrogen-bond acceptors (Lipinski definition) is 6. The SMILES string of the molecule is O=C(O)C(CCCN1CCOCC1)=C(CCN1CCOCC1)C(=O)O. The molecule has 0 bridgehead atoms. The van der Waals surface area contributed by atoms with Crippen molar-refractivity contribution in [1.82, 2.24) is 9.80 Å². The molecule has 0 aromatic carbocycles. The third-order valence-corrected chi connectivity index (χ3v) is 4.67. The first-order chi connectivity index (χ1) is 12.1. The Morgan fingerprint density at radius 3 is 1.64 bits per heavy atom. The van der Waals surface area contributed by atoms with Gasteiger partial charge in [-0.05, 0) is 25.8 Å². The number of carboxylic acid groups (broad SMARTS) is 2. The maximum atomic E-state index is 11.6. The fourth-order valence-corrected chi connectivity index (χ4v) is 3.17. The molecule has 0 radical (unpaired) electrons. The molecule has 0 aromatic rings. The lowest BCUT2D eigenvalue weighted by Gasteiger charge is -2.27. The van der Waals surface area contributed by atoms with Crippen LogP contribution in [0.1, 0.15) is 19.3 Å². The van der Waals surface area contributed by atoms with Crippen LogP contribution in [-0.2, 0) is 19.1 Å². The average Bonchev–Trinajstić information content (AvgIpc) is 2.61. The minimum absolute atomic E-state index is 0.0287. The summed E-state index contributed by atoms with van der Waals surface area (Å²) < 4.78 is 10.6. The van der Waals surface area contributed by atoms with Crippen LogP contribution < -0.4 is 0 Å². The Hall–Kier alpha value is -1.48. The molecule has 2 rings (SSSR count). The van der Waals surface area contributed by atoms with Gasteiger partial charge in [0.1, 0.15) is 0 Å². The highest BCUT2D eigenvalue weighted by Crippen LogP contribution is 2.17. The molecule has 0 saturated carbocycles. The first-order valence-corrected chi connectivity index (χ1v) is 8.86. The van der Waals surface area contributed by atoms with E-state index < -0.39 is 11.9 Å². The molecule has 2 saturated heterocycles. The van der Waals surface area contributed by atoms with Gasteiger partial charge < -0.3 is 19.7 Å². The number of ether oxygens (including phenoxy) is 2. The summed E-state index contributed by atoms with van der Waals surface area (Å²) in [4.78, 5) is 27.5. The van der Waals surface area contributed by atoms with Gasteiger partial charge in [0.15, 0.2) is 0 Å². The lowest BCUT2D eigenvalue weighted by atomic mass is 10.00. The van der Waals surface area contributed by atoms with Crippen LogP contribution in [0, 0.1) is 0 Å². The number of hydrogen-bond donors (Lipinski definition) is 2. The van der Waals surface area contributed by atoms with Gasteiger partial charge in [-0.25, -0.2) is 9.59 Å². The Bertz CT molecular complexity index is 482. The number of rotatable bonds is 9. The zero-order chi connectivity index (χ0) is 18.1. The minimum Gasteiger partial charge on any atom is -0.478 e. The van der Waals surface area contributed by atoms with E-state index in [1.165, 1.54) is 0 Å². The molecular weight excluding hydrogens is 328 g/mol. The van der Waals surface area contributed by atoms with Crippen LogP contribution in [-0.4, -0.2) is 97.6 Å². The van der Waals surface area contributed by atoms with E-state index in [-0.39, 0.29) is 24.0 Å². The zero-order valence-corrected chi connectivity index (χ0v) is 14.6. The molecule has 2 aliphatic rings. The lowest BCUT2D eigenvalue weighted by molar-refractivity contribution is -0.136. The molecule has 25 heavy (non-hydrogen) atoms. The van der Waals surface area contributed by atoms with Crippen molar-refractivity contribution < 1.29 is 29.3 Å². The van der Waals surface area contributed by atoms with Gasteiger partial charge in [-0.2, -0.15) is 0 Å². The summed E-state index contributed by atoms with van der Waals surface area (Å²) in [6, 6.07) is 0. The summed E-state index contributed by atoms with van der Waals surface area (Å²) in [5.41, 5.74) is 0.0648. The summed E-state index contributed by atoms with van der Waals surface area (Å²) in [6.07, 6.45) is 1.15. The maximum absolute atomic E-state index is 11.6. The molecule has 8 nitrogen and oxygen atoms in total. The lowest BCUT2D eigenvalue weighted by Crippen LogP contribution is -2.37. The van der Waals surface area contributed by atoms with Crippen LogP contribution in [0.5, 0.6) is 0 Å². The third kappa shape index (κ3) is 6.74. The van der Waals surface area contributed by atoms with Crippen LogP contribution in [0.15, 0.2) is 11.1 Å². The smallest absolute Gasteiger partial charge is 0.332 e. The molecule has 0 amide bonds. The molecule has 2 heterocycles. The largest absolute Gasteiger partial charge is 0.478 e. The first-order valence-electron chi connectivity index (χ1n) is 8.86. The van der Waals surface area contributed by atoms with Crippen molar-refractivity contribution in [2.75, 3.05) is 65.7 Å². The molecule has 2 aliphatic heterocycles. The van der Waals surface area contributed by atoms with Gasteiger partial charge in [0.2, 0.25) is 0 Å². The van der Waals surface area contributed by atoms with Crippen LogP contribution in [0.2, 0.25) is 0 Å². The summed E-state index contributed by atoms with van der Waals surface area (Å²) >= 11 is 0. The number of nitrogens with zero attached hydrogens (tertiary/aromatic N) is 2. The van der Waals surface area contributed by atoms with E-state index in [9.17, 15) is 19.8 Å². The number of carbonyl (C=O) groups is 2. The van der Waals surface area contributed by atoms with Crippen LogP contribution in [0.25, 0.3) is 0 Å². The Kier molecular flexibility index (Phi) is 8.33. The van der Waals surface area contributed by atoms with Crippen molar-refractivity contribution in [1.29, 1.82) is 0 Å². The van der Waals surface area contributed by atoms with Crippen molar-refractivity contribution >= 4 is 11.9 Å². The number of carboxylic acids is 2. The third-order valence-electron chi connectivity index (χ3n) is 4.67. The van der Waals surface area contributed by atoms with E-state index in [2.05, 4.69) is 9.80 Å². The molecule has 0 aliphatic carbocycles. The molecule has 8 heteroatoms. The predicted octanol–water partition coefficient (Wildman–Crippen LogP) is 0.287. The second-order valence-corrected chi connectivity index (χ2v) is 6.33. The minimum atomic E-state index is -1.13. The van der Waals surface area contributed by atoms with Gasteiger partial charge in [0, 0.05) is 43.9 Å². The highest BCUT2D eigenvalue weighted by Gasteiger charge is 2.22. The second kappa shape index (κ2) is 10.5. The number of morpholine rings is 2. The molecule has 2 fully saturated rings. The molecular formula is C17H28N2O6. The van der Waals surface area contributed by atoms with E-state index in [0.29, 0.717) is 39.4 Å². The number of aliphatic carboxylic acids is 2. The summed E-state index contributed by atoms with van der Waals surface area (Å²) in [7, 11) is 0. The van der Waals surface area contributed by atoms with Gasteiger partial charge in [-0.1, -0.05) is 0 Å². The van der Waals surface area contributed by atoms with E-state index in [1.807, 2.05) is 0 Å². The average molecular weight is 356 g/mol. The maximum Gasteiger partial charge on any atom is 0.332 e. The van der Waals surface area contributed by atoms with Gasteiger partial charge in [0.25, 0.3) is 0 Å². The Morgan fingerprint density at radius 1 is 0.720 bits per heavy atom. The van der Waals surface area contributed by atoms with Crippen molar-refractivity contribution in [3.05, 3.63) is 11.1 Å². The normalized spacial score (nSPS) is 21.0. The summed E-state index contributed by atoms with van der Waals surface area (Å²) in [5, 5.41) is 19.0. The predicted molar refractivity (Wildman–Crippen MR) is 90.7 cm³/mol. The van der Waals surface area contributed by atoms with Crippen LogP contribution >= 0.6 is 0 Å². The molecule has 142 valence electrons. The van der Waals surface area contributed by atoms with Gasteiger partial charge in [-0.3, -0.25) is 9.80 Å². The van der Waals surface area contributed by atoms with Crippen molar-refractivity contribution in [2.45, 2.75) is 19.3 Å². The first kappa shape index (κ1) is 19.8. The van der Waals surface area contributed by atoms with E-state index >= 15 is 0 Å². The standard InChI is InChI=1S/C17H28N2O6/c20-16(21)14(2-1-4-18-6-10-24-11-7-18)15(17(22)23)3-5-19-8-12-25-13-9-19/h1-13H2,(H,20,21)(H,22,23). The van der Waals surface area contributed by atoms with Crippen molar-refractivity contribution in [3.63, 3.8) is 0 Å². The van der Waals surface area contributed by atoms with Crippen molar-refractivity contribution in [2.24, 2.45) is 0 Å². The summed E-state index contributed by atoms with van der Waals surface area (Å²) in [5.74, 6) is -2.25. The zero-order valence-electron chi connectivity index (χ0n) is 14.6. The van der Waals surface area contributed by atoms with Crippen LogP contribution in [0.4, 0.5) is 0 Å². The highest BCUT2D eigenvalue weighted by molar-refractivity contribution is 5.98. The molecule has 0 aromatic heterocycles. The van der Waals surface area contributed by atoms with Crippen LogP contribution in [0.3, 0.4) is 0 Å².